The molecular formula is C26H40N2O6S2. The number of benzene rings is 2. The van der Waals surface area contributed by atoms with Gasteiger partial charge in [-0.05, 0) is 89.5 Å². The molecule has 0 saturated heterocycles. The number of anilines is 2. The summed E-state index contributed by atoms with van der Waals surface area (Å²) in [5.41, 5.74) is 8.62. The molecule has 0 bridgehead atoms. The van der Waals surface area contributed by atoms with Gasteiger partial charge in [-0.1, -0.05) is 35.4 Å². The Morgan fingerprint density at radius 2 is 0.833 bits per heavy atom. The van der Waals surface area contributed by atoms with Crippen LogP contribution in [0.25, 0.3) is 0 Å². The van der Waals surface area contributed by atoms with Crippen molar-refractivity contribution >= 4 is 31.6 Å². The van der Waals surface area contributed by atoms with E-state index in [0.717, 1.165) is 44.8 Å². The van der Waals surface area contributed by atoms with Gasteiger partial charge in [-0.25, -0.2) is 0 Å². The van der Waals surface area contributed by atoms with Crippen molar-refractivity contribution in [2.24, 2.45) is 0 Å². The fraction of sp³-hybridized carbons (Fsp3) is 0.538. The van der Waals surface area contributed by atoms with Crippen molar-refractivity contribution < 1.29 is 25.9 Å². The van der Waals surface area contributed by atoms with E-state index >= 15 is 0 Å². The third-order valence-corrected chi connectivity index (χ3v) is 7.73. The predicted molar refractivity (Wildman–Crippen MR) is 147 cm³/mol. The average Bonchev–Trinajstić information content (AvgIpc) is 2.68. The Balaban J connectivity index is 2.56. The average molecular weight is 541 g/mol. The maximum absolute atomic E-state index is 11.3. The quantitative estimate of drug-likeness (QED) is 0.205. The van der Waals surface area contributed by atoms with Crippen molar-refractivity contribution in [2.45, 2.75) is 67.2 Å². The normalized spacial score (nSPS) is 12.1. The van der Waals surface area contributed by atoms with E-state index in [1.807, 2.05) is 41.5 Å². The molecule has 0 saturated carbocycles. The summed E-state index contributed by atoms with van der Waals surface area (Å²) in [4.78, 5) is 0. The zero-order chi connectivity index (χ0) is 27.3. The lowest BCUT2D eigenvalue weighted by Crippen LogP contribution is -2.46. The number of hydrazine groups is 1. The first kappa shape index (κ1) is 30.1. The van der Waals surface area contributed by atoms with E-state index in [9.17, 15) is 25.9 Å². The highest BCUT2D eigenvalue weighted by atomic mass is 32.2. The van der Waals surface area contributed by atoms with Crippen molar-refractivity contribution in [3.8, 4) is 0 Å². The van der Waals surface area contributed by atoms with Crippen LogP contribution in [0.1, 0.15) is 59.1 Å². The second kappa shape index (κ2) is 12.4. The molecule has 0 unspecified atom stereocenters. The molecule has 0 amide bonds. The molecular weight excluding hydrogens is 500 g/mol. The predicted octanol–water partition coefficient (Wildman–Crippen LogP) is 5.10. The molecule has 10 heteroatoms. The summed E-state index contributed by atoms with van der Waals surface area (Å²) in [6.07, 6.45) is 1.67. The van der Waals surface area contributed by atoms with Crippen LogP contribution in [-0.2, 0) is 20.2 Å². The molecule has 0 heterocycles. The zero-order valence-electron chi connectivity index (χ0n) is 22.2. The van der Waals surface area contributed by atoms with Crippen LogP contribution in [-0.4, -0.2) is 50.5 Å². The van der Waals surface area contributed by atoms with Gasteiger partial charge >= 0.3 is 0 Å². The molecule has 0 aliphatic heterocycles. The second-order valence-corrected chi connectivity index (χ2v) is 12.9. The minimum Gasteiger partial charge on any atom is -0.286 e. The van der Waals surface area contributed by atoms with E-state index in [-0.39, 0.29) is 11.5 Å². The summed E-state index contributed by atoms with van der Waals surface area (Å²) in [5, 5.41) is 4.32. The molecule has 2 N–H and O–H groups in total. The van der Waals surface area contributed by atoms with E-state index in [1.165, 1.54) is 0 Å². The maximum atomic E-state index is 11.3. The molecule has 0 fully saturated rings. The highest BCUT2D eigenvalue weighted by Gasteiger charge is 2.24. The van der Waals surface area contributed by atoms with Crippen LogP contribution in [0.3, 0.4) is 0 Å². The molecule has 0 spiro atoms. The number of rotatable bonds is 13. The van der Waals surface area contributed by atoms with Gasteiger partial charge in [0.2, 0.25) is 0 Å². The Labute approximate surface area is 216 Å². The minimum absolute atomic E-state index is 0.302. The van der Waals surface area contributed by atoms with Gasteiger partial charge in [-0.3, -0.25) is 19.1 Å². The summed E-state index contributed by atoms with van der Waals surface area (Å²) in [5.74, 6) is -0.604. The van der Waals surface area contributed by atoms with Gasteiger partial charge < -0.3 is 0 Å². The Morgan fingerprint density at radius 3 is 1.08 bits per heavy atom. The highest BCUT2D eigenvalue weighted by molar-refractivity contribution is 7.86. The van der Waals surface area contributed by atoms with Crippen LogP contribution in [0, 0.1) is 41.5 Å². The Bertz CT molecular complexity index is 1130. The summed E-state index contributed by atoms with van der Waals surface area (Å²) in [7, 11) is -8.09. The van der Waals surface area contributed by atoms with E-state index in [4.69, 9.17) is 0 Å². The van der Waals surface area contributed by atoms with Crippen molar-refractivity contribution in [1.82, 2.24) is 0 Å². The van der Waals surface area contributed by atoms with Crippen LogP contribution in [0.4, 0.5) is 11.4 Å². The number of hydrogen-bond donors (Lipinski definition) is 2. The molecule has 0 radical (unpaired) electrons. The van der Waals surface area contributed by atoms with Crippen molar-refractivity contribution in [1.29, 1.82) is 0 Å². The highest BCUT2D eigenvalue weighted by Crippen LogP contribution is 2.34. The number of unbranched alkanes of at least 4 members (excludes halogenated alkanes) is 2. The topological polar surface area (TPSA) is 115 Å². The monoisotopic (exact) mass is 540 g/mol. The first-order valence-electron chi connectivity index (χ1n) is 12.2. The van der Waals surface area contributed by atoms with Gasteiger partial charge in [0.25, 0.3) is 20.2 Å². The van der Waals surface area contributed by atoms with E-state index in [0.29, 0.717) is 38.8 Å². The minimum atomic E-state index is -4.04. The fourth-order valence-corrected chi connectivity index (χ4v) is 6.10. The summed E-state index contributed by atoms with van der Waals surface area (Å²) < 4.78 is 63.5. The largest absolute Gasteiger partial charge is 0.286 e. The fourth-order valence-electron chi connectivity index (χ4n) is 4.96. The lowest BCUT2D eigenvalue weighted by molar-refractivity contribution is 0.476. The number of hydrogen-bond acceptors (Lipinski definition) is 6. The first-order chi connectivity index (χ1) is 16.6. The van der Waals surface area contributed by atoms with Gasteiger partial charge in [0.05, 0.1) is 22.9 Å². The molecule has 0 aliphatic rings. The van der Waals surface area contributed by atoms with Crippen LogP contribution in [0.5, 0.6) is 0 Å². The number of aryl methyl sites for hydroxylation is 6. The Hall–Kier alpha value is -2.14. The molecule has 0 aromatic heterocycles. The van der Waals surface area contributed by atoms with Crippen LogP contribution >= 0.6 is 0 Å². The third kappa shape index (κ3) is 9.06. The molecule has 2 aromatic rings. The van der Waals surface area contributed by atoms with Gasteiger partial charge in [0, 0.05) is 13.1 Å². The molecule has 0 aliphatic carbocycles. The van der Waals surface area contributed by atoms with Gasteiger partial charge in [0.15, 0.2) is 0 Å². The van der Waals surface area contributed by atoms with Gasteiger partial charge in [-0.15, -0.1) is 0 Å². The second-order valence-electron chi connectivity index (χ2n) is 9.73. The molecule has 0 atom stereocenters. The summed E-state index contributed by atoms with van der Waals surface area (Å²) in [6, 6.07) is 8.44. The van der Waals surface area contributed by atoms with Gasteiger partial charge in [-0.2, -0.15) is 16.8 Å². The summed E-state index contributed by atoms with van der Waals surface area (Å²) >= 11 is 0. The smallest absolute Gasteiger partial charge is 0.264 e. The first-order valence-corrected chi connectivity index (χ1v) is 15.4. The summed E-state index contributed by atoms with van der Waals surface area (Å²) in [6.45, 7) is 13.3. The van der Waals surface area contributed by atoms with Crippen LogP contribution < -0.4 is 10.0 Å². The Morgan fingerprint density at radius 1 is 0.556 bits per heavy atom. The molecule has 2 aromatic carbocycles. The van der Waals surface area contributed by atoms with E-state index < -0.39 is 20.2 Å². The molecule has 8 nitrogen and oxygen atoms in total. The number of nitrogens with zero attached hydrogens (tertiary/aromatic N) is 2. The molecule has 202 valence electrons. The maximum Gasteiger partial charge on any atom is 0.264 e. The van der Waals surface area contributed by atoms with Crippen LogP contribution in [0.15, 0.2) is 24.3 Å². The lowest BCUT2D eigenvalue weighted by atomic mass is 10.0. The van der Waals surface area contributed by atoms with Crippen molar-refractivity contribution in [3.63, 3.8) is 0 Å². The lowest BCUT2D eigenvalue weighted by Gasteiger charge is -2.42. The van der Waals surface area contributed by atoms with E-state index in [2.05, 4.69) is 34.3 Å². The van der Waals surface area contributed by atoms with Crippen molar-refractivity contribution in [3.05, 3.63) is 57.6 Å². The molecule has 36 heavy (non-hydrogen) atoms. The standard InChI is InChI=1S/C26H40N2O6S2/c1-19-15-21(3)25(22(4)16-19)27(11-7-9-13-35(29,30)31)28(12-8-10-14-36(32,33)34)26-23(5)17-20(2)18-24(26)6/h15-18H,7-14H2,1-6H3,(H,29,30,31)(H,32,33,34). The van der Waals surface area contributed by atoms with Crippen molar-refractivity contribution in [2.75, 3.05) is 34.6 Å². The SMILES string of the molecule is Cc1cc(C)c(N(CCCCS(=O)(=O)O)N(CCCCS(=O)(=O)O)c2c(C)cc(C)cc2C)c(C)c1. The third-order valence-electron chi connectivity index (χ3n) is 6.12. The van der Waals surface area contributed by atoms with Gasteiger partial charge in [0.1, 0.15) is 0 Å². The van der Waals surface area contributed by atoms with E-state index in [1.54, 1.807) is 0 Å². The molecule has 2 rings (SSSR count). The Kier molecular flexibility index (Phi) is 10.4. The van der Waals surface area contributed by atoms with Crippen LogP contribution in [0.2, 0.25) is 0 Å². The zero-order valence-corrected chi connectivity index (χ0v) is 23.8.